The van der Waals surface area contributed by atoms with E-state index in [4.69, 9.17) is 5.73 Å². The van der Waals surface area contributed by atoms with E-state index in [1.807, 2.05) is 12.1 Å². The Balaban J connectivity index is 0.00000364. The van der Waals surface area contributed by atoms with Gasteiger partial charge in [0.1, 0.15) is 0 Å². The molecule has 0 radical (unpaired) electrons. The maximum atomic E-state index is 12.6. The van der Waals surface area contributed by atoms with E-state index in [9.17, 15) is 9.59 Å². The lowest BCUT2D eigenvalue weighted by molar-refractivity contribution is -0.120. The van der Waals surface area contributed by atoms with Crippen molar-refractivity contribution in [3.63, 3.8) is 0 Å². The molecule has 6 heteroatoms. The van der Waals surface area contributed by atoms with Crippen LogP contribution in [0, 0.1) is 11.8 Å². The van der Waals surface area contributed by atoms with Crippen molar-refractivity contribution in [1.82, 2.24) is 4.90 Å². The van der Waals surface area contributed by atoms with Crippen molar-refractivity contribution in [2.24, 2.45) is 17.6 Å². The molecule has 27 heavy (non-hydrogen) atoms. The Morgan fingerprint density at radius 1 is 1.22 bits per heavy atom. The normalized spacial score (nSPS) is 15.7. The van der Waals surface area contributed by atoms with E-state index in [0.29, 0.717) is 23.7 Å². The van der Waals surface area contributed by atoms with Crippen molar-refractivity contribution in [3.05, 3.63) is 29.8 Å². The molecule has 1 aromatic rings. The molecule has 1 fully saturated rings. The first kappa shape index (κ1) is 23.4. The van der Waals surface area contributed by atoms with Crippen LogP contribution in [0.2, 0.25) is 0 Å². The molecule has 0 saturated heterocycles. The van der Waals surface area contributed by atoms with E-state index in [0.717, 1.165) is 32.1 Å². The number of rotatable bonds is 7. The number of nitrogens with one attached hydrogen (secondary N) is 1. The molecule has 3 N–H and O–H groups in total. The molecule has 0 heterocycles. The van der Waals surface area contributed by atoms with Crippen molar-refractivity contribution in [3.8, 4) is 0 Å². The molecular formula is C21H34ClN3O2. The highest BCUT2D eigenvalue weighted by Crippen LogP contribution is 2.25. The van der Waals surface area contributed by atoms with Crippen LogP contribution >= 0.6 is 12.4 Å². The fourth-order valence-electron chi connectivity index (χ4n) is 3.34. The summed E-state index contributed by atoms with van der Waals surface area (Å²) in [4.78, 5) is 26.7. The maximum Gasteiger partial charge on any atom is 0.253 e. The summed E-state index contributed by atoms with van der Waals surface area (Å²) in [5, 5.41) is 2.98. The van der Waals surface area contributed by atoms with E-state index < -0.39 is 0 Å². The Bertz CT molecular complexity index is 615. The SMILES string of the molecule is CC(C)C(N)CCN(C)C(=O)c1cccc(NC(=O)C2CCCCC2)c1.Cl. The lowest BCUT2D eigenvalue weighted by Gasteiger charge is -2.22. The zero-order chi connectivity index (χ0) is 19.1. The summed E-state index contributed by atoms with van der Waals surface area (Å²) < 4.78 is 0. The molecule has 1 saturated carbocycles. The molecule has 1 unspecified atom stereocenters. The second-order valence-corrected chi connectivity index (χ2v) is 7.83. The summed E-state index contributed by atoms with van der Waals surface area (Å²) in [5.41, 5.74) is 7.35. The van der Waals surface area contributed by atoms with E-state index in [2.05, 4.69) is 19.2 Å². The van der Waals surface area contributed by atoms with Crippen molar-refractivity contribution in [2.45, 2.75) is 58.4 Å². The summed E-state index contributed by atoms with van der Waals surface area (Å²) in [6.07, 6.45) is 6.17. The molecule has 0 aliphatic heterocycles. The largest absolute Gasteiger partial charge is 0.342 e. The van der Waals surface area contributed by atoms with Crippen LogP contribution in [0.1, 0.15) is 62.7 Å². The van der Waals surface area contributed by atoms with Gasteiger partial charge in [-0.2, -0.15) is 0 Å². The van der Waals surface area contributed by atoms with Gasteiger partial charge in [0.25, 0.3) is 5.91 Å². The second-order valence-electron chi connectivity index (χ2n) is 7.83. The third kappa shape index (κ3) is 7.15. The van der Waals surface area contributed by atoms with Gasteiger partial charge in [0.2, 0.25) is 5.91 Å². The van der Waals surface area contributed by atoms with Gasteiger partial charge >= 0.3 is 0 Å². The van der Waals surface area contributed by atoms with Crippen LogP contribution in [-0.4, -0.2) is 36.3 Å². The molecule has 1 aliphatic rings. The van der Waals surface area contributed by atoms with Gasteiger partial charge in [-0.15, -0.1) is 12.4 Å². The van der Waals surface area contributed by atoms with E-state index in [-0.39, 0.29) is 36.2 Å². The van der Waals surface area contributed by atoms with Crippen LogP contribution in [-0.2, 0) is 4.79 Å². The molecule has 2 amide bonds. The molecule has 1 aliphatic carbocycles. The first-order valence-corrected chi connectivity index (χ1v) is 9.80. The molecule has 5 nitrogen and oxygen atoms in total. The fourth-order valence-corrected chi connectivity index (χ4v) is 3.34. The van der Waals surface area contributed by atoms with Crippen molar-refractivity contribution >= 4 is 29.9 Å². The van der Waals surface area contributed by atoms with Crippen molar-refractivity contribution in [2.75, 3.05) is 18.9 Å². The number of amides is 2. The van der Waals surface area contributed by atoms with Gasteiger partial charge in [-0.25, -0.2) is 0 Å². The van der Waals surface area contributed by atoms with Gasteiger partial charge in [0.05, 0.1) is 0 Å². The number of anilines is 1. The van der Waals surface area contributed by atoms with Gasteiger partial charge in [-0.1, -0.05) is 39.2 Å². The average molecular weight is 396 g/mol. The summed E-state index contributed by atoms with van der Waals surface area (Å²) in [6.45, 7) is 4.80. The van der Waals surface area contributed by atoms with Crippen molar-refractivity contribution in [1.29, 1.82) is 0 Å². The van der Waals surface area contributed by atoms with E-state index >= 15 is 0 Å². The minimum atomic E-state index is -0.0466. The second kappa shape index (κ2) is 11.3. The Morgan fingerprint density at radius 3 is 2.52 bits per heavy atom. The lowest BCUT2D eigenvalue weighted by Crippen LogP contribution is -2.34. The van der Waals surface area contributed by atoms with Crippen LogP contribution in [0.25, 0.3) is 0 Å². The molecule has 1 atom stereocenters. The molecule has 0 bridgehead atoms. The first-order valence-electron chi connectivity index (χ1n) is 9.80. The smallest absolute Gasteiger partial charge is 0.253 e. The first-order chi connectivity index (χ1) is 12.4. The molecule has 152 valence electrons. The highest BCUT2D eigenvalue weighted by Gasteiger charge is 2.21. The number of benzene rings is 1. The minimum Gasteiger partial charge on any atom is -0.342 e. The molecule has 0 spiro atoms. The van der Waals surface area contributed by atoms with Crippen LogP contribution in [0.15, 0.2) is 24.3 Å². The number of nitrogens with zero attached hydrogens (tertiary/aromatic N) is 1. The van der Waals surface area contributed by atoms with Gasteiger partial charge in [0, 0.05) is 36.8 Å². The Labute approximate surface area is 169 Å². The molecular weight excluding hydrogens is 362 g/mol. The summed E-state index contributed by atoms with van der Waals surface area (Å²) in [5.74, 6) is 0.528. The molecule has 1 aromatic carbocycles. The van der Waals surface area contributed by atoms with Crippen molar-refractivity contribution < 1.29 is 9.59 Å². The zero-order valence-corrected chi connectivity index (χ0v) is 17.6. The Hall–Kier alpha value is -1.59. The van der Waals surface area contributed by atoms with E-state index in [1.54, 1.807) is 24.1 Å². The molecule has 2 rings (SSSR count). The van der Waals surface area contributed by atoms with Gasteiger partial charge in [-0.05, 0) is 43.4 Å². The quantitative estimate of drug-likeness (QED) is 0.730. The van der Waals surface area contributed by atoms with Gasteiger partial charge in [-0.3, -0.25) is 9.59 Å². The van der Waals surface area contributed by atoms with E-state index in [1.165, 1.54) is 6.42 Å². The van der Waals surface area contributed by atoms with Crippen LogP contribution in [0.3, 0.4) is 0 Å². The number of hydrogen-bond donors (Lipinski definition) is 2. The van der Waals surface area contributed by atoms with Gasteiger partial charge in [0.15, 0.2) is 0 Å². The predicted molar refractivity (Wildman–Crippen MR) is 113 cm³/mol. The number of halogens is 1. The number of hydrogen-bond acceptors (Lipinski definition) is 3. The summed E-state index contributed by atoms with van der Waals surface area (Å²) in [6, 6.07) is 7.30. The Morgan fingerprint density at radius 2 is 1.89 bits per heavy atom. The fraction of sp³-hybridized carbons (Fsp3) is 0.619. The predicted octanol–water partition coefficient (Wildman–Crippen LogP) is 4.07. The highest BCUT2D eigenvalue weighted by atomic mass is 35.5. The number of nitrogens with two attached hydrogens (primary N) is 1. The highest BCUT2D eigenvalue weighted by molar-refractivity contribution is 5.97. The Kier molecular flexibility index (Phi) is 9.81. The zero-order valence-electron chi connectivity index (χ0n) is 16.7. The monoisotopic (exact) mass is 395 g/mol. The topological polar surface area (TPSA) is 75.4 Å². The lowest BCUT2D eigenvalue weighted by atomic mass is 9.88. The minimum absolute atomic E-state index is 0. The summed E-state index contributed by atoms with van der Waals surface area (Å²) >= 11 is 0. The van der Waals surface area contributed by atoms with Crippen LogP contribution in [0.5, 0.6) is 0 Å². The molecule has 0 aromatic heterocycles. The number of carbonyl (C=O) groups excluding carboxylic acids is 2. The summed E-state index contributed by atoms with van der Waals surface area (Å²) in [7, 11) is 1.79. The van der Waals surface area contributed by atoms with Gasteiger partial charge < -0.3 is 16.0 Å². The third-order valence-electron chi connectivity index (χ3n) is 5.35. The van der Waals surface area contributed by atoms with Crippen LogP contribution in [0.4, 0.5) is 5.69 Å². The maximum absolute atomic E-state index is 12.6. The van der Waals surface area contributed by atoms with Crippen LogP contribution < -0.4 is 11.1 Å². The standard InChI is InChI=1S/C21H33N3O2.ClH/c1-15(2)19(22)12-13-24(3)21(26)17-10-7-11-18(14-17)23-20(25)16-8-5-4-6-9-16;/h7,10-11,14-16,19H,4-6,8-9,12-13,22H2,1-3H3,(H,23,25);1H. The number of carbonyl (C=O) groups is 2. The average Bonchev–Trinajstić information content (AvgIpc) is 2.65. The third-order valence-corrected chi connectivity index (χ3v) is 5.35.